The average molecular weight is 219 g/mol. The molecule has 0 saturated heterocycles. The number of rotatable bonds is 6. The lowest BCUT2D eigenvalue weighted by Crippen LogP contribution is -2.14. The Bertz CT molecular complexity index is 333. The summed E-state index contributed by atoms with van der Waals surface area (Å²) in [6.45, 7) is 1.08. The summed E-state index contributed by atoms with van der Waals surface area (Å²) in [5, 5.41) is 3.25. The van der Waals surface area contributed by atoms with Crippen LogP contribution in [-0.4, -0.2) is 20.7 Å². The van der Waals surface area contributed by atoms with E-state index >= 15 is 0 Å². The van der Waals surface area contributed by atoms with Gasteiger partial charge in [-0.25, -0.2) is 0 Å². The molecule has 0 bridgehead atoms. The molecule has 2 rings (SSSR count). The predicted molar refractivity (Wildman–Crippen MR) is 67.0 cm³/mol. The van der Waals surface area contributed by atoms with Crippen LogP contribution in [0, 0.1) is 5.92 Å². The Morgan fingerprint density at radius 1 is 1.38 bits per heavy atom. The van der Waals surface area contributed by atoms with Crippen molar-refractivity contribution in [3.05, 3.63) is 29.8 Å². The van der Waals surface area contributed by atoms with Gasteiger partial charge in [-0.3, -0.25) is 0 Å². The maximum Gasteiger partial charge on any atom is 0.122 e. The Hall–Kier alpha value is -1.02. The zero-order valence-corrected chi connectivity index (χ0v) is 10.2. The summed E-state index contributed by atoms with van der Waals surface area (Å²) in [6, 6.07) is 8.46. The molecular weight excluding hydrogens is 198 g/mol. The lowest BCUT2D eigenvalue weighted by Gasteiger charge is -2.19. The summed E-state index contributed by atoms with van der Waals surface area (Å²) in [5.74, 6) is 2.60. The molecule has 0 aromatic heterocycles. The Kier molecular flexibility index (Phi) is 3.83. The minimum atomic E-state index is 0.670. The van der Waals surface area contributed by atoms with Crippen LogP contribution in [0.1, 0.15) is 30.7 Å². The van der Waals surface area contributed by atoms with Gasteiger partial charge in [0.1, 0.15) is 5.75 Å². The van der Waals surface area contributed by atoms with E-state index in [-0.39, 0.29) is 0 Å². The monoisotopic (exact) mass is 219 g/mol. The Morgan fingerprint density at radius 3 is 2.75 bits per heavy atom. The van der Waals surface area contributed by atoms with Crippen LogP contribution in [0.2, 0.25) is 0 Å². The SMILES string of the molecule is CNCCC(c1ccccc1OC)C1CC1. The van der Waals surface area contributed by atoms with E-state index in [0.717, 1.165) is 18.2 Å². The topological polar surface area (TPSA) is 21.3 Å². The minimum Gasteiger partial charge on any atom is -0.496 e. The molecule has 1 aromatic carbocycles. The van der Waals surface area contributed by atoms with Gasteiger partial charge >= 0.3 is 0 Å². The summed E-state index contributed by atoms with van der Waals surface area (Å²) in [6.07, 6.45) is 3.97. The van der Waals surface area contributed by atoms with Crippen molar-refractivity contribution in [2.75, 3.05) is 20.7 Å². The van der Waals surface area contributed by atoms with Crippen LogP contribution in [0.15, 0.2) is 24.3 Å². The van der Waals surface area contributed by atoms with Crippen LogP contribution in [-0.2, 0) is 0 Å². The van der Waals surface area contributed by atoms with Gasteiger partial charge in [0.2, 0.25) is 0 Å². The molecule has 2 heteroatoms. The highest BCUT2D eigenvalue weighted by Gasteiger charge is 2.33. The van der Waals surface area contributed by atoms with E-state index in [4.69, 9.17) is 4.74 Å². The van der Waals surface area contributed by atoms with Gasteiger partial charge in [0.15, 0.2) is 0 Å². The molecule has 1 N–H and O–H groups in total. The Labute approximate surface area is 98.0 Å². The molecule has 0 radical (unpaired) electrons. The Balaban J connectivity index is 2.16. The maximum atomic E-state index is 5.46. The molecule has 1 aromatic rings. The van der Waals surface area contributed by atoms with Crippen molar-refractivity contribution in [3.8, 4) is 5.75 Å². The van der Waals surface area contributed by atoms with Gasteiger partial charge in [0.05, 0.1) is 7.11 Å². The van der Waals surface area contributed by atoms with E-state index in [9.17, 15) is 0 Å². The largest absolute Gasteiger partial charge is 0.496 e. The molecule has 1 atom stereocenters. The third-order valence-corrected chi connectivity index (χ3v) is 3.43. The summed E-state index contributed by atoms with van der Waals surface area (Å²) < 4.78 is 5.46. The van der Waals surface area contributed by atoms with Crippen LogP contribution in [0.25, 0.3) is 0 Å². The van der Waals surface area contributed by atoms with Gasteiger partial charge in [-0.15, -0.1) is 0 Å². The number of methoxy groups -OCH3 is 1. The van der Waals surface area contributed by atoms with Crippen molar-refractivity contribution in [2.45, 2.75) is 25.2 Å². The summed E-state index contributed by atoms with van der Waals surface area (Å²) >= 11 is 0. The highest BCUT2D eigenvalue weighted by atomic mass is 16.5. The molecular formula is C14H21NO. The van der Waals surface area contributed by atoms with E-state index in [2.05, 4.69) is 23.5 Å². The van der Waals surface area contributed by atoms with E-state index in [0.29, 0.717) is 5.92 Å². The highest BCUT2D eigenvalue weighted by molar-refractivity contribution is 5.37. The standard InChI is InChI=1S/C14H21NO/c1-15-10-9-12(11-7-8-11)13-5-3-4-6-14(13)16-2/h3-6,11-12,15H,7-10H2,1-2H3. The molecule has 1 aliphatic rings. The molecule has 0 spiro atoms. The number of benzene rings is 1. The van der Waals surface area contributed by atoms with Crippen molar-refractivity contribution in [2.24, 2.45) is 5.92 Å². The first kappa shape index (κ1) is 11.5. The van der Waals surface area contributed by atoms with Crippen molar-refractivity contribution in [3.63, 3.8) is 0 Å². The number of hydrogen-bond acceptors (Lipinski definition) is 2. The molecule has 0 heterocycles. The molecule has 0 amide bonds. The van der Waals surface area contributed by atoms with Gasteiger partial charge in [0.25, 0.3) is 0 Å². The molecule has 88 valence electrons. The maximum absolute atomic E-state index is 5.46. The molecule has 16 heavy (non-hydrogen) atoms. The summed E-state index contributed by atoms with van der Waals surface area (Å²) in [5.41, 5.74) is 1.39. The molecule has 1 unspecified atom stereocenters. The normalized spacial score (nSPS) is 17.1. The number of para-hydroxylation sites is 1. The van der Waals surface area contributed by atoms with Crippen molar-refractivity contribution < 1.29 is 4.74 Å². The lowest BCUT2D eigenvalue weighted by atomic mass is 9.90. The van der Waals surface area contributed by atoms with Gasteiger partial charge in [-0.2, -0.15) is 0 Å². The molecule has 2 nitrogen and oxygen atoms in total. The van der Waals surface area contributed by atoms with Gasteiger partial charge in [0, 0.05) is 0 Å². The Morgan fingerprint density at radius 2 is 2.12 bits per heavy atom. The van der Waals surface area contributed by atoms with Gasteiger partial charge < -0.3 is 10.1 Å². The predicted octanol–water partition coefficient (Wildman–Crippen LogP) is 2.80. The quantitative estimate of drug-likeness (QED) is 0.794. The smallest absolute Gasteiger partial charge is 0.122 e. The van der Waals surface area contributed by atoms with Crippen molar-refractivity contribution in [1.82, 2.24) is 5.32 Å². The third kappa shape index (κ3) is 2.56. The minimum absolute atomic E-state index is 0.670. The van der Waals surface area contributed by atoms with Crippen LogP contribution in [0.3, 0.4) is 0 Å². The molecule has 1 fully saturated rings. The first-order valence-electron chi connectivity index (χ1n) is 6.14. The molecule has 1 saturated carbocycles. The first-order chi connectivity index (χ1) is 7.86. The van der Waals surface area contributed by atoms with Crippen molar-refractivity contribution >= 4 is 0 Å². The zero-order chi connectivity index (χ0) is 11.4. The summed E-state index contributed by atoms with van der Waals surface area (Å²) in [7, 11) is 3.78. The number of hydrogen-bond donors (Lipinski definition) is 1. The average Bonchev–Trinajstić information content (AvgIpc) is 3.14. The molecule has 1 aliphatic carbocycles. The zero-order valence-electron chi connectivity index (χ0n) is 10.2. The molecule has 0 aliphatic heterocycles. The second-order valence-electron chi connectivity index (χ2n) is 4.58. The van der Waals surface area contributed by atoms with Crippen LogP contribution in [0.5, 0.6) is 5.75 Å². The van der Waals surface area contributed by atoms with Gasteiger partial charge in [-0.1, -0.05) is 18.2 Å². The number of nitrogens with one attached hydrogen (secondary N) is 1. The van der Waals surface area contributed by atoms with Crippen LogP contribution < -0.4 is 10.1 Å². The second kappa shape index (κ2) is 5.35. The van der Waals surface area contributed by atoms with E-state index in [1.165, 1.54) is 24.8 Å². The van der Waals surface area contributed by atoms with E-state index in [1.54, 1.807) is 7.11 Å². The van der Waals surface area contributed by atoms with E-state index in [1.807, 2.05) is 13.1 Å². The third-order valence-electron chi connectivity index (χ3n) is 3.43. The lowest BCUT2D eigenvalue weighted by molar-refractivity contribution is 0.399. The van der Waals surface area contributed by atoms with Crippen LogP contribution >= 0.6 is 0 Å². The fraction of sp³-hybridized carbons (Fsp3) is 0.571. The highest BCUT2D eigenvalue weighted by Crippen LogP contribution is 2.46. The van der Waals surface area contributed by atoms with Crippen LogP contribution in [0.4, 0.5) is 0 Å². The van der Waals surface area contributed by atoms with Gasteiger partial charge in [-0.05, 0) is 56.3 Å². The second-order valence-corrected chi connectivity index (χ2v) is 4.58. The number of ether oxygens (including phenoxy) is 1. The fourth-order valence-electron chi connectivity index (χ4n) is 2.42. The summed E-state index contributed by atoms with van der Waals surface area (Å²) in [4.78, 5) is 0. The first-order valence-corrected chi connectivity index (χ1v) is 6.14. The van der Waals surface area contributed by atoms with E-state index < -0.39 is 0 Å². The van der Waals surface area contributed by atoms with Crippen molar-refractivity contribution in [1.29, 1.82) is 0 Å². The fourth-order valence-corrected chi connectivity index (χ4v) is 2.42.